The van der Waals surface area contributed by atoms with Crippen LogP contribution in [0.15, 0.2) is 68.0 Å². The third-order valence-electron chi connectivity index (χ3n) is 5.55. The molecule has 3 aromatic rings. The lowest BCUT2D eigenvalue weighted by Gasteiger charge is -2.38. The summed E-state index contributed by atoms with van der Waals surface area (Å²) in [6.45, 7) is 2.91. The molecule has 0 unspecified atom stereocenters. The van der Waals surface area contributed by atoms with Crippen molar-refractivity contribution in [2.24, 2.45) is 5.10 Å². The number of hydrazone groups is 1. The number of thiophene rings is 1. The minimum Gasteiger partial charge on any atom is -0.494 e. The molecule has 2 aromatic carbocycles. The Labute approximate surface area is 203 Å². The van der Waals surface area contributed by atoms with Crippen LogP contribution in [0.3, 0.4) is 0 Å². The molecule has 3 heterocycles. The maximum atomic E-state index is 6.54. The number of benzene rings is 2. The summed E-state index contributed by atoms with van der Waals surface area (Å²) in [7, 11) is 0. The minimum atomic E-state index is -0.294. The van der Waals surface area contributed by atoms with Crippen LogP contribution in [-0.2, 0) is 0 Å². The van der Waals surface area contributed by atoms with E-state index in [1.54, 1.807) is 11.3 Å². The van der Waals surface area contributed by atoms with Gasteiger partial charge in [0.25, 0.3) is 0 Å². The lowest BCUT2D eigenvalue weighted by atomic mass is 9.97. The second-order valence-electron chi connectivity index (χ2n) is 7.67. The Morgan fingerprint density at radius 3 is 2.77 bits per heavy atom. The third kappa shape index (κ3) is 4.15. The van der Waals surface area contributed by atoms with Crippen LogP contribution in [0.25, 0.3) is 0 Å². The van der Waals surface area contributed by atoms with Crippen molar-refractivity contribution in [3.05, 3.63) is 78.9 Å². The first-order valence-electron chi connectivity index (χ1n) is 10.4. The van der Waals surface area contributed by atoms with Crippen LogP contribution in [0, 0.1) is 0 Å². The van der Waals surface area contributed by atoms with Crippen molar-refractivity contribution >= 4 is 48.9 Å². The fourth-order valence-electron chi connectivity index (χ4n) is 3.99. The zero-order chi connectivity index (χ0) is 21.4. The van der Waals surface area contributed by atoms with Crippen molar-refractivity contribution in [3.8, 4) is 11.5 Å². The van der Waals surface area contributed by atoms with Gasteiger partial charge in [-0.1, -0.05) is 35.3 Å². The van der Waals surface area contributed by atoms with Crippen molar-refractivity contribution in [2.75, 3.05) is 6.61 Å². The summed E-state index contributed by atoms with van der Waals surface area (Å²) in [6.07, 6.45) is 2.74. The van der Waals surface area contributed by atoms with E-state index >= 15 is 0 Å². The molecule has 1 aromatic heterocycles. The van der Waals surface area contributed by atoms with Gasteiger partial charge in [-0.3, -0.25) is 0 Å². The summed E-state index contributed by atoms with van der Waals surface area (Å²) in [5, 5.41) is 9.24. The molecule has 0 aliphatic carbocycles. The maximum absolute atomic E-state index is 6.54. The zero-order valence-corrected chi connectivity index (χ0v) is 21.0. The molecular weight excluding hydrogens is 540 g/mol. The Morgan fingerprint density at radius 1 is 1.19 bits per heavy atom. The van der Waals surface area contributed by atoms with Crippen molar-refractivity contribution in [2.45, 2.75) is 38.5 Å². The van der Waals surface area contributed by atoms with E-state index in [0.717, 1.165) is 63.2 Å². The van der Waals surface area contributed by atoms with Crippen LogP contribution in [0.2, 0.25) is 0 Å². The molecule has 7 heteroatoms. The highest BCUT2D eigenvalue weighted by Crippen LogP contribution is 2.51. The molecule has 4 nitrogen and oxygen atoms in total. The standard InChI is InChI=1S/C24H22Br2N2O2S/c1-2-3-10-29-17-8-6-15(7-9-17)24-28-21(14-20(27-28)22-5-4-11-31-22)18-12-16(25)13-19(26)23(18)30-24/h4-9,11-13,21,24H,2-3,10,14H2,1H3/t21-,24+/m1/s1. The van der Waals surface area contributed by atoms with E-state index in [-0.39, 0.29) is 12.3 Å². The minimum absolute atomic E-state index is 0.125. The van der Waals surface area contributed by atoms with Crippen LogP contribution in [0.4, 0.5) is 0 Å². The van der Waals surface area contributed by atoms with Gasteiger partial charge in [-0.2, -0.15) is 5.10 Å². The average Bonchev–Trinajstić information content (AvgIpc) is 3.44. The number of rotatable bonds is 6. The van der Waals surface area contributed by atoms with Crippen LogP contribution in [0.5, 0.6) is 11.5 Å². The monoisotopic (exact) mass is 560 g/mol. The first kappa shape index (κ1) is 21.0. The number of hydrogen-bond acceptors (Lipinski definition) is 5. The lowest BCUT2D eigenvalue weighted by Crippen LogP contribution is -2.33. The first-order chi connectivity index (χ1) is 15.1. The van der Waals surface area contributed by atoms with E-state index in [1.165, 1.54) is 4.88 Å². The summed E-state index contributed by atoms with van der Waals surface area (Å²) < 4.78 is 14.3. The normalized spacial score (nSPS) is 19.5. The van der Waals surface area contributed by atoms with Gasteiger partial charge in [-0.05, 0) is 70.2 Å². The third-order valence-corrected chi connectivity index (χ3v) is 7.51. The van der Waals surface area contributed by atoms with Crippen molar-refractivity contribution in [3.63, 3.8) is 0 Å². The predicted molar refractivity (Wildman–Crippen MR) is 132 cm³/mol. The summed E-state index contributed by atoms with van der Waals surface area (Å²) >= 11 is 9.06. The second-order valence-corrected chi connectivity index (χ2v) is 10.4. The van der Waals surface area contributed by atoms with E-state index in [1.807, 2.05) is 18.2 Å². The second kappa shape index (κ2) is 8.96. The molecule has 0 fully saturated rings. The number of hydrogen-bond donors (Lipinski definition) is 0. The zero-order valence-electron chi connectivity index (χ0n) is 17.1. The average molecular weight is 562 g/mol. The first-order valence-corrected chi connectivity index (χ1v) is 12.9. The van der Waals surface area contributed by atoms with Crippen molar-refractivity contribution < 1.29 is 9.47 Å². The molecule has 2 atom stereocenters. The molecule has 160 valence electrons. The van der Waals surface area contributed by atoms with Crippen LogP contribution in [0.1, 0.15) is 54.5 Å². The SMILES string of the molecule is CCCCOc1ccc([C@@H]2Oc3c(Br)cc(Br)cc3[C@H]3CC(c4cccs4)=NN32)cc1. The Morgan fingerprint density at radius 2 is 2.03 bits per heavy atom. The van der Waals surface area contributed by atoms with Gasteiger partial charge in [-0.15, -0.1) is 11.3 Å². The molecule has 0 amide bonds. The highest BCUT2D eigenvalue weighted by atomic mass is 79.9. The molecule has 5 rings (SSSR count). The molecular formula is C24H22Br2N2O2S. The molecule has 2 aliphatic rings. The maximum Gasteiger partial charge on any atom is 0.213 e. The smallest absolute Gasteiger partial charge is 0.213 e. The summed E-state index contributed by atoms with van der Waals surface area (Å²) in [5.74, 6) is 1.78. The number of unbranched alkanes of at least 4 members (excludes halogenated alkanes) is 1. The van der Waals surface area contributed by atoms with E-state index < -0.39 is 0 Å². The topological polar surface area (TPSA) is 34.1 Å². The summed E-state index contributed by atoms with van der Waals surface area (Å²) in [5.41, 5.74) is 3.31. The quantitative estimate of drug-likeness (QED) is 0.289. The van der Waals surface area contributed by atoms with Crippen LogP contribution in [-0.4, -0.2) is 17.3 Å². The number of nitrogens with zero attached hydrogens (tertiary/aromatic N) is 2. The van der Waals surface area contributed by atoms with Crippen LogP contribution >= 0.6 is 43.2 Å². The van der Waals surface area contributed by atoms with Gasteiger partial charge in [-0.25, -0.2) is 5.01 Å². The largest absolute Gasteiger partial charge is 0.494 e. The van der Waals surface area contributed by atoms with Gasteiger partial charge < -0.3 is 9.47 Å². The molecule has 0 radical (unpaired) electrons. The number of halogens is 2. The molecule has 0 N–H and O–H groups in total. The fourth-order valence-corrected chi connectivity index (χ4v) is 6.06. The Hall–Kier alpha value is -1.83. The fraction of sp³-hybridized carbons (Fsp3) is 0.292. The van der Waals surface area contributed by atoms with Gasteiger partial charge in [0.05, 0.1) is 27.7 Å². The number of ether oxygens (including phenoxy) is 2. The van der Waals surface area contributed by atoms with Crippen molar-refractivity contribution in [1.82, 2.24) is 5.01 Å². The molecule has 0 bridgehead atoms. The predicted octanol–water partition coefficient (Wildman–Crippen LogP) is 7.69. The molecule has 0 spiro atoms. The van der Waals surface area contributed by atoms with E-state index in [0.29, 0.717) is 0 Å². The van der Waals surface area contributed by atoms with E-state index in [9.17, 15) is 0 Å². The molecule has 2 aliphatic heterocycles. The Balaban J connectivity index is 1.50. The van der Waals surface area contributed by atoms with E-state index in [2.05, 4.69) is 79.5 Å². The van der Waals surface area contributed by atoms with Gasteiger partial charge in [0.1, 0.15) is 11.5 Å². The van der Waals surface area contributed by atoms with Gasteiger partial charge in [0.15, 0.2) is 0 Å². The van der Waals surface area contributed by atoms with Crippen molar-refractivity contribution in [1.29, 1.82) is 0 Å². The molecule has 0 saturated heterocycles. The summed E-state index contributed by atoms with van der Waals surface area (Å²) in [6, 6.07) is 16.7. The highest BCUT2D eigenvalue weighted by Gasteiger charge is 2.42. The molecule has 31 heavy (non-hydrogen) atoms. The lowest BCUT2D eigenvalue weighted by molar-refractivity contribution is -0.0197. The van der Waals surface area contributed by atoms with Gasteiger partial charge in [0.2, 0.25) is 6.23 Å². The van der Waals surface area contributed by atoms with E-state index in [4.69, 9.17) is 14.6 Å². The van der Waals surface area contributed by atoms with Gasteiger partial charge in [0, 0.05) is 22.0 Å². The summed E-state index contributed by atoms with van der Waals surface area (Å²) in [4.78, 5) is 1.21. The Kier molecular flexibility index (Phi) is 6.08. The van der Waals surface area contributed by atoms with Crippen LogP contribution < -0.4 is 9.47 Å². The van der Waals surface area contributed by atoms with Gasteiger partial charge >= 0.3 is 0 Å². The highest BCUT2D eigenvalue weighted by molar-refractivity contribution is 9.11. The molecule has 0 saturated carbocycles. The number of fused-ring (bicyclic) bond motifs is 3. The Bertz CT molecular complexity index is 1100.